The van der Waals surface area contributed by atoms with Crippen molar-refractivity contribution in [1.29, 1.82) is 0 Å². The van der Waals surface area contributed by atoms with Crippen LogP contribution in [0, 0.1) is 12.8 Å². The van der Waals surface area contributed by atoms with Gasteiger partial charge in [-0.2, -0.15) is 0 Å². The molecule has 0 aliphatic heterocycles. The topological polar surface area (TPSA) is 90.0 Å². The number of rotatable bonds is 6. The predicted octanol–water partition coefficient (Wildman–Crippen LogP) is 5.69. The van der Waals surface area contributed by atoms with Crippen molar-refractivity contribution < 1.29 is 4.79 Å². The summed E-state index contributed by atoms with van der Waals surface area (Å²) in [5.41, 5.74) is 11.8. The van der Waals surface area contributed by atoms with Crippen LogP contribution < -0.4 is 16.6 Å². The summed E-state index contributed by atoms with van der Waals surface area (Å²) in [4.78, 5) is 32.9. The molecule has 0 saturated carbocycles. The van der Waals surface area contributed by atoms with Gasteiger partial charge in [-0.1, -0.05) is 31.2 Å². The first kappa shape index (κ1) is 24.0. The number of nitrogens with zero attached hydrogens (tertiary/aromatic N) is 2. The molecule has 6 nitrogen and oxygen atoms in total. The van der Waals surface area contributed by atoms with Gasteiger partial charge in [0.05, 0.1) is 10.6 Å². The third-order valence-corrected chi connectivity index (χ3v) is 8.15. The number of aryl methyl sites for hydroxylation is 2. The Bertz CT molecular complexity index is 1520. The number of hydrogen-bond donors (Lipinski definition) is 2. The maximum absolute atomic E-state index is 13.2. The molecule has 4 aromatic rings. The molecule has 0 radical (unpaired) electrons. The summed E-state index contributed by atoms with van der Waals surface area (Å²) in [7, 11) is 1.71. The lowest BCUT2D eigenvalue weighted by molar-refractivity contribution is 0.0996. The van der Waals surface area contributed by atoms with Gasteiger partial charge in [-0.3, -0.25) is 9.59 Å². The number of carbonyl (C=O) groups excluding carboxylic acids is 1. The molecule has 0 fully saturated rings. The first-order valence-electron chi connectivity index (χ1n) is 12.2. The van der Waals surface area contributed by atoms with Crippen molar-refractivity contribution >= 4 is 34.3 Å². The molecule has 0 spiro atoms. The standard InChI is InChI=1S/C29H30N4O2S/c1-17-10-11-20-14-27(36-26(20)12-17)25(34)13-19-6-4-9-23(18(19)2)24-16-33(3)29(35)28(32-24)31-22-8-5-7-21(30)15-22/h4-9,14-17H,10-13,30H2,1-3H3,(H,31,32). The van der Waals surface area contributed by atoms with Crippen LogP contribution in [0.25, 0.3) is 11.3 Å². The molecule has 3 N–H and O–H groups in total. The summed E-state index contributed by atoms with van der Waals surface area (Å²) in [5, 5.41) is 3.10. The van der Waals surface area contributed by atoms with E-state index >= 15 is 0 Å². The van der Waals surface area contributed by atoms with Crippen LogP contribution in [-0.2, 0) is 26.3 Å². The Kier molecular flexibility index (Phi) is 6.49. The number of anilines is 3. The third-order valence-electron chi connectivity index (χ3n) is 6.91. The summed E-state index contributed by atoms with van der Waals surface area (Å²) in [6.45, 7) is 4.29. The molecule has 36 heavy (non-hydrogen) atoms. The molecule has 2 heterocycles. The van der Waals surface area contributed by atoms with Crippen LogP contribution in [0.2, 0.25) is 0 Å². The van der Waals surface area contributed by atoms with E-state index in [0.717, 1.165) is 34.4 Å². The van der Waals surface area contributed by atoms with Crippen molar-refractivity contribution in [3.63, 3.8) is 0 Å². The molecular weight excluding hydrogens is 468 g/mol. The number of aromatic nitrogens is 2. The second-order valence-electron chi connectivity index (χ2n) is 9.74. The molecule has 2 aromatic heterocycles. The molecule has 0 amide bonds. The Hall–Kier alpha value is -3.71. The highest BCUT2D eigenvalue weighted by Gasteiger charge is 2.21. The quantitative estimate of drug-likeness (QED) is 0.263. The van der Waals surface area contributed by atoms with Crippen molar-refractivity contribution in [2.75, 3.05) is 11.1 Å². The lowest BCUT2D eigenvalue weighted by Crippen LogP contribution is -2.21. The van der Waals surface area contributed by atoms with E-state index in [1.54, 1.807) is 36.7 Å². The first-order valence-corrected chi connectivity index (χ1v) is 13.0. The number of thiophene rings is 1. The second-order valence-corrected chi connectivity index (χ2v) is 10.9. The fraction of sp³-hybridized carbons (Fsp3) is 0.276. The molecule has 0 saturated heterocycles. The molecule has 184 valence electrons. The first-order chi connectivity index (χ1) is 17.3. The van der Waals surface area contributed by atoms with E-state index in [4.69, 9.17) is 5.73 Å². The van der Waals surface area contributed by atoms with E-state index in [-0.39, 0.29) is 17.2 Å². The molecule has 1 aliphatic carbocycles. The number of Topliss-reactive ketones (excluding diaryl/α,β-unsaturated/α-hetero) is 1. The molecule has 0 bridgehead atoms. The van der Waals surface area contributed by atoms with Crippen molar-refractivity contribution in [3.8, 4) is 11.3 Å². The smallest absolute Gasteiger partial charge is 0.293 e. The Labute approximate surface area is 214 Å². The molecule has 7 heteroatoms. The Morgan fingerprint density at radius 1 is 1.22 bits per heavy atom. The zero-order chi connectivity index (χ0) is 25.4. The van der Waals surface area contributed by atoms with Gasteiger partial charge in [0.1, 0.15) is 0 Å². The zero-order valence-electron chi connectivity index (χ0n) is 20.8. The van der Waals surface area contributed by atoms with Crippen LogP contribution in [0.1, 0.15) is 44.6 Å². The number of ketones is 1. The Balaban J connectivity index is 1.44. The van der Waals surface area contributed by atoms with Gasteiger partial charge >= 0.3 is 0 Å². The lowest BCUT2D eigenvalue weighted by atomic mass is 9.90. The maximum atomic E-state index is 13.2. The van der Waals surface area contributed by atoms with Crippen LogP contribution in [0.15, 0.2) is 59.5 Å². The summed E-state index contributed by atoms with van der Waals surface area (Å²) in [6, 6.07) is 15.2. The zero-order valence-corrected chi connectivity index (χ0v) is 21.6. The number of nitrogens with two attached hydrogens (primary N) is 1. The minimum Gasteiger partial charge on any atom is -0.399 e. The summed E-state index contributed by atoms with van der Waals surface area (Å²) in [5.74, 6) is 1.06. The van der Waals surface area contributed by atoms with Gasteiger partial charge < -0.3 is 15.6 Å². The Morgan fingerprint density at radius 3 is 2.83 bits per heavy atom. The van der Waals surface area contributed by atoms with Crippen LogP contribution in [-0.4, -0.2) is 15.3 Å². The number of nitrogens with one attached hydrogen (secondary N) is 1. The van der Waals surface area contributed by atoms with Crippen molar-refractivity contribution in [1.82, 2.24) is 9.55 Å². The van der Waals surface area contributed by atoms with E-state index in [2.05, 4.69) is 23.3 Å². The minimum absolute atomic E-state index is 0.153. The van der Waals surface area contributed by atoms with E-state index < -0.39 is 0 Å². The SMILES string of the molecule is Cc1c(CC(=O)c2cc3c(s2)CC(C)CC3)cccc1-c1cn(C)c(=O)c(Nc2cccc(N)c2)n1. The molecular formula is C29H30N4O2S. The molecule has 1 unspecified atom stereocenters. The maximum Gasteiger partial charge on any atom is 0.293 e. The monoisotopic (exact) mass is 498 g/mol. The van der Waals surface area contributed by atoms with Gasteiger partial charge in [0.25, 0.3) is 5.56 Å². The van der Waals surface area contributed by atoms with Crippen LogP contribution >= 0.6 is 11.3 Å². The van der Waals surface area contributed by atoms with E-state index in [1.165, 1.54) is 21.4 Å². The van der Waals surface area contributed by atoms with E-state index in [1.807, 2.05) is 37.3 Å². The van der Waals surface area contributed by atoms with Gasteiger partial charge in [0, 0.05) is 41.5 Å². The fourth-order valence-electron chi connectivity index (χ4n) is 4.79. The highest BCUT2D eigenvalue weighted by Crippen LogP contribution is 2.33. The number of hydrogen-bond acceptors (Lipinski definition) is 6. The van der Waals surface area contributed by atoms with Gasteiger partial charge in [0.2, 0.25) is 0 Å². The second kappa shape index (κ2) is 9.74. The summed E-state index contributed by atoms with van der Waals surface area (Å²) in [6.07, 6.45) is 5.41. The highest BCUT2D eigenvalue weighted by atomic mass is 32.1. The van der Waals surface area contributed by atoms with E-state index in [0.29, 0.717) is 29.4 Å². The molecule has 5 rings (SSSR count). The van der Waals surface area contributed by atoms with Gasteiger partial charge in [-0.15, -0.1) is 11.3 Å². The van der Waals surface area contributed by atoms with Gasteiger partial charge in [0.15, 0.2) is 11.6 Å². The van der Waals surface area contributed by atoms with Gasteiger partial charge in [-0.05, 0) is 73.1 Å². The summed E-state index contributed by atoms with van der Waals surface area (Å²) >= 11 is 1.66. The molecule has 1 aliphatic rings. The normalized spacial score (nSPS) is 14.9. The summed E-state index contributed by atoms with van der Waals surface area (Å²) < 4.78 is 1.52. The number of fused-ring (bicyclic) bond motifs is 1. The largest absolute Gasteiger partial charge is 0.399 e. The molecule has 1 atom stereocenters. The number of nitrogen functional groups attached to an aromatic ring is 1. The number of benzene rings is 2. The van der Waals surface area contributed by atoms with Crippen molar-refractivity contribution in [3.05, 3.63) is 91.5 Å². The van der Waals surface area contributed by atoms with Crippen LogP contribution in [0.3, 0.4) is 0 Å². The van der Waals surface area contributed by atoms with Crippen LogP contribution in [0.5, 0.6) is 0 Å². The average molecular weight is 499 g/mol. The highest BCUT2D eigenvalue weighted by molar-refractivity contribution is 7.14. The minimum atomic E-state index is -0.235. The third kappa shape index (κ3) is 4.84. The van der Waals surface area contributed by atoms with E-state index in [9.17, 15) is 9.59 Å². The van der Waals surface area contributed by atoms with Crippen molar-refractivity contribution in [2.45, 2.75) is 39.5 Å². The predicted molar refractivity (Wildman–Crippen MR) is 147 cm³/mol. The lowest BCUT2D eigenvalue weighted by Gasteiger charge is -2.16. The van der Waals surface area contributed by atoms with Crippen molar-refractivity contribution in [2.24, 2.45) is 13.0 Å². The Morgan fingerprint density at radius 2 is 2.03 bits per heavy atom. The van der Waals surface area contributed by atoms with Crippen LogP contribution in [0.4, 0.5) is 17.2 Å². The number of carbonyl (C=O) groups is 1. The molecule has 2 aromatic carbocycles. The van der Waals surface area contributed by atoms with Gasteiger partial charge in [-0.25, -0.2) is 4.98 Å². The fourth-order valence-corrected chi connectivity index (χ4v) is 6.10. The average Bonchev–Trinajstić information content (AvgIpc) is 3.27.